The predicted molar refractivity (Wildman–Crippen MR) is 81.2 cm³/mol. The minimum absolute atomic E-state index is 0.366. The molecule has 0 saturated heterocycles. The second-order valence-electron chi connectivity index (χ2n) is 5.19. The van der Waals surface area contributed by atoms with E-state index >= 15 is 0 Å². The molecule has 0 aliphatic carbocycles. The molecule has 0 bridgehead atoms. The smallest absolute Gasteiger partial charge is 0.0409 e. The normalized spacial score (nSPS) is 14.4. The molecule has 1 rings (SSSR count). The van der Waals surface area contributed by atoms with Gasteiger partial charge in [-0.3, -0.25) is 0 Å². The summed E-state index contributed by atoms with van der Waals surface area (Å²) in [6.07, 6.45) is 6.60. The Bertz CT molecular complexity index is 338. The molecule has 0 fully saturated rings. The lowest BCUT2D eigenvalue weighted by atomic mass is 10.0. The zero-order valence-corrected chi connectivity index (χ0v) is 12.6. The number of unbranched alkanes of at least 4 members (excludes halogenated alkanes) is 3. The molecule has 1 unspecified atom stereocenters. The first-order chi connectivity index (χ1) is 8.63. The first-order valence-corrected chi connectivity index (χ1v) is 7.52. The highest BCUT2D eigenvalue weighted by molar-refractivity contribution is 6.30. The van der Waals surface area contributed by atoms with Crippen LogP contribution in [-0.2, 0) is 0 Å². The van der Waals surface area contributed by atoms with Gasteiger partial charge in [0.2, 0.25) is 0 Å². The third-order valence-electron chi connectivity index (χ3n) is 3.37. The molecule has 1 nitrogen and oxygen atoms in total. The Morgan fingerprint density at radius 3 is 2.61 bits per heavy atom. The summed E-state index contributed by atoms with van der Waals surface area (Å²) in [5.74, 6) is 0. The van der Waals surface area contributed by atoms with Gasteiger partial charge in [0.25, 0.3) is 0 Å². The molecular weight excluding hydrogens is 242 g/mol. The molecule has 0 radical (unpaired) electrons. The zero-order valence-electron chi connectivity index (χ0n) is 11.9. The number of hydrogen-bond donors (Lipinski definition) is 1. The van der Waals surface area contributed by atoms with Crippen LogP contribution in [0.1, 0.15) is 64.5 Å². The summed E-state index contributed by atoms with van der Waals surface area (Å²) in [6.45, 7) is 6.73. The van der Waals surface area contributed by atoms with Crippen molar-refractivity contribution in [1.82, 2.24) is 5.32 Å². The number of halogens is 1. The lowest BCUT2D eigenvalue weighted by Crippen LogP contribution is -2.28. The van der Waals surface area contributed by atoms with E-state index in [0.717, 1.165) is 5.02 Å². The van der Waals surface area contributed by atoms with Crippen molar-refractivity contribution in [3.63, 3.8) is 0 Å². The van der Waals surface area contributed by atoms with Crippen LogP contribution in [0.4, 0.5) is 0 Å². The van der Waals surface area contributed by atoms with E-state index in [0.29, 0.717) is 12.1 Å². The number of hydrogen-bond acceptors (Lipinski definition) is 1. The molecule has 0 heterocycles. The number of nitrogens with one attached hydrogen (secondary N) is 1. The van der Waals surface area contributed by atoms with E-state index in [1.54, 1.807) is 0 Å². The van der Waals surface area contributed by atoms with Crippen molar-refractivity contribution in [2.45, 2.75) is 65.0 Å². The first kappa shape index (κ1) is 15.5. The van der Waals surface area contributed by atoms with Crippen LogP contribution in [0.25, 0.3) is 0 Å². The highest BCUT2D eigenvalue weighted by atomic mass is 35.5. The van der Waals surface area contributed by atoms with Crippen molar-refractivity contribution in [2.75, 3.05) is 0 Å². The SMILES string of the molecule is CCCCCCC(C)N[C@H](C)c1cccc(Cl)c1. The van der Waals surface area contributed by atoms with E-state index in [1.807, 2.05) is 18.2 Å². The third-order valence-corrected chi connectivity index (χ3v) is 3.61. The lowest BCUT2D eigenvalue weighted by Gasteiger charge is -2.20. The molecule has 0 amide bonds. The molecule has 18 heavy (non-hydrogen) atoms. The average molecular weight is 268 g/mol. The molecule has 102 valence electrons. The van der Waals surface area contributed by atoms with Gasteiger partial charge in [-0.25, -0.2) is 0 Å². The largest absolute Gasteiger partial charge is 0.308 e. The quantitative estimate of drug-likeness (QED) is 0.626. The lowest BCUT2D eigenvalue weighted by molar-refractivity contribution is 0.438. The van der Waals surface area contributed by atoms with Crippen LogP contribution in [0.5, 0.6) is 0 Å². The van der Waals surface area contributed by atoms with Gasteiger partial charge < -0.3 is 5.32 Å². The fraction of sp³-hybridized carbons (Fsp3) is 0.625. The van der Waals surface area contributed by atoms with Gasteiger partial charge in [-0.15, -0.1) is 0 Å². The molecule has 1 aromatic carbocycles. The summed E-state index contributed by atoms with van der Waals surface area (Å²) in [7, 11) is 0. The topological polar surface area (TPSA) is 12.0 Å². The summed E-state index contributed by atoms with van der Waals surface area (Å²) in [5.41, 5.74) is 1.27. The van der Waals surface area contributed by atoms with Crippen molar-refractivity contribution in [3.05, 3.63) is 34.9 Å². The van der Waals surface area contributed by atoms with Crippen LogP contribution in [0, 0.1) is 0 Å². The van der Waals surface area contributed by atoms with Crippen LogP contribution in [0.3, 0.4) is 0 Å². The summed E-state index contributed by atoms with van der Waals surface area (Å²) in [5, 5.41) is 4.46. The Morgan fingerprint density at radius 2 is 1.94 bits per heavy atom. The van der Waals surface area contributed by atoms with E-state index < -0.39 is 0 Å². The van der Waals surface area contributed by atoms with Crippen LogP contribution in [0.2, 0.25) is 5.02 Å². The maximum Gasteiger partial charge on any atom is 0.0409 e. The minimum Gasteiger partial charge on any atom is -0.308 e. The minimum atomic E-state index is 0.366. The van der Waals surface area contributed by atoms with Gasteiger partial charge in [-0.1, -0.05) is 56.3 Å². The Labute approximate surface area is 117 Å². The van der Waals surface area contributed by atoms with Gasteiger partial charge in [0.15, 0.2) is 0 Å². The van der Waals surface area contributed by atoms with E-state index in [4.69, 9.17) is 11.6 Å². The maximum absolute atomic E-state index is 6.02. The molecule has 2 heteroatoms. The van der Waals surface area contributed by atoms with E-state index in [2.05, 4.69) is 32.2 Å². The van der Waals surface area contributed by atoms with Crippen molar-refractivity contribution in [2.24, 2.45) is 0 Å². The van der Waals surface area contributed by atoms with Crippen molar-refractivity contribution >= 4 is 11.6 Å². The fourth-order valence-corrected chi connectivity index (χ4v) is 2.46. The molecule has 2 atom stereocenters. The molecule has 0 spiro atoms. The predicted octanol–water partition coefficient (Wildman–Crippen LogP) is 5.35. The summed E-state index contributed by atoms with van der Waals surface area (Å²) >= 11 is 6.02. The highest BCUT2D eigenvalue weighted by Crippen LogP contribution is 2.18. The van der Waals surface area contributed by atoms with E-state index in [9.17, 15) is 0 Å². The maximum atomic E-state index is 6.02. The van der Waals surface area contributed by atoms with Gasteiger partial charge in [0.05, 0.1) is 0 Å². The molecule has 1 N–H and O–H groups in total. The number of benzene rings is 1. The van der Waals surface area contributed by atoms with E-state index in [-0.39, 0.29) is 0 Å². The van der Waals surface area contributed by atoms with E-state index in [1.165, 1.54) is 37.7 Å². The summed E-state index contributed by atoms with van der Waals surface area (Å²) in [6, 6.07) is 9.05. The van der Waals surface area contributed by atoms with Gasteiger partial charge in [-0.2, -0.15) is 0 Å². The van der Waals surface area contributed by atoms with Gasteiger partial charge in [0, 0.05) is 17.1 Å². The Morgan fingerprint density at radius 1 is 1.17 bits per heavy atom. The fourth-order valence-electron chi connectivity index (χ4n) is 2.26. The molecule has 0 saturated carbocycles. The monoisotopic (exact) mass is 267 g/mol. The molecule has 0 aliphatic rings. The standard InChI is InChI=1S/C16H26ClN/c1-4-5-6-7-9-13(2)18-14(3)15-10-8-11-16(17)12-15/h8,10-14,18H,4-7,9H2,1-3H3/t13?,14-/m1/s1. The second kappa shape index (κ2) is 8.55. The molecule has 1 aromatic rings. The number of rotatable bonds is 8. The van der Waals surface area contributed by atoms with Crippen molar-refractivity contribution < 1.29 is 0 Å². The average Bonchev–Trinajstić information content (AvgIpc) is 2.34. The highest BCUT2D eigenvalue weighted by Gasteiger charge is 2.09. The van der Waals surface area contributed by atoms with Crippen molar-refractivity contribution in [3.8, 4) is 0 Å². The zero-order chi connectivity index (χ0) is 13.4. The molecule has 0 aromatic heterocycles. The Hall–Kier alpha value is -0.530. The van der Waals surface area contributed by atoms with Crippen LogP contribution in [-0.4, -0.2) is 6.04 Å². The first-order valence-electron chi connectivity index (χ1n) is 7.15. The Balaban J connectivity index is 2.32. The van der Waals surface area contributed by atoms with Crippen molar-refractivity contribution in [1.29, 1.82) is 0 Å². The van der Waals surface area contributed by atoms with Crippen LogP contribution < -0.4 is 5.32 Å². The second-order valence-corrected chi connectivity index (χ2v) is 5.63. The Kier molecular flexibility index (Phi) is 7.38. The summed E-state index contributed by atoms with van der Waals surface area (Å²) in [4.78, 5) is 0. The van der Waals surface area contributed by atoms with Gasteiger partial charge in [0.1, 0.15) is 0 Å². The van der Waals surface area contributed by atoms with Crippen LogP contribution in [0.15, 0.2) is 24.3 Å². The molecular formula is C16H26ClN. The van der Waals surface area contributed by atoms with Gasteiger partial charge in [-0.05, 0) is 38.0 Å². The van der Waals surface area contributed by atoms with Crippen LogP contribution >= 0.6 is 11.6 Å². The van der Waals surface area contributed by atoms with Gasteiger partial charge >= 0.3 is 0 Å². The third kappa shape index (κ3) is 5.88. The molecule has 0 aliphatic heterocycles. The summed E-state index contributed by atoms with van der Waals surface area (Å²) < 4.78 is 0.